The Morgan fingerprint density at radius 2 is 1.88 bits per heavy atom. The molecule has 0 aliphatic heterocycles. The van der Waals surface area contributed by atoms with Crippen molar-refractivity contribution in [2.75, 3.05) is 4.72 Å². The zero-order valence-electron chi connectivity index (χ0n) is 13.9. The van der Waals surface area contributed by atoms with Gasteiger partial charge in [0.2, 0.25) is 0 Å². The van der Waals surface area contributed by atoms with E-state index in [1.54, 1.807) is 13.8 Å². The minimum absolute atomic E-state index is 0.0284. The second kappa shape index (κ2) is 6.32. The number of H-pyrrole nitrogens is 1. The fourth-order valence-corrected chi connectivity index (χ4v) is 4.09. The van der Waals surface area contributed by atoms with Gasteiger partial charge in [-0.25, -0.2) is 12.8 Å². The van der Waals surface area contributed by atoms with Crippen LogP contribution in [0.3, 0.4) is 0 Å². The average molecular weight is 364 g/mol. The second-order valence-corrected chi connectivity index (χ2v) is 7.18. The van der Waals surface area contributed by atoms with Gasteiger partial charge in [-0.05, 0) is 38.1 Å². The molecule has 0 radical (unpaired) electrons. The standard InChI is InChI=1S/C16H17FN4O3S/c1-4-13-19-16(24-20-13)14-9(2)18-10(3)15(14)25(22,23)21-12-7-5-11(17)6-8-12/h5-8,18,21H,4H2,1-3H3. The molecule has 0 fully saturated rings. The number of aromatic amines is 1. The topological polar surface area (TPSA) is 101 Å². The van der Waals surface area contributed by atoms with Crippen LogP contribution in [-0.2, 0) is 16.4 Å². The fourth-order valence-electron chi connectivity index (χ4n) is 2.57. The normalized spacial score (nSPS) is 11.7. The number of sulfonamides is 1. The third-order valence-electron chi connectivity index (χ3n) is 3.68. The molecule has 7 nitrogen and oxygen atoms in total. The number of nitrogens with one attached hydrogen (secondary N) is 2. The molecule has 9 heteroatoms. The number of hydrogen-bond acceptors (Lipinski definition) is 5. The van der Waals surface area contributed by atoms with Crippen molar-refractivity contribution in [3.05, 3.63) is 47.3 Å². The predicted molar refractivity (Wildman–Crippen MR) is 90.1 cm³/mol. The first-order valence-electron chi connectivity index (χ1n) is 7.62. The summed E-state index contributed by atoms with van der Waals surface area (Å²) in [5.74, 6) is 0.177. The van der Waals surface area contributed by atoms with Gasteiger partial charge < -0.3 is 9.51 Å². The molecule has 0 aliphatic rings. The van der Waals surface area contributed by atoms with Crippen LogP contribution in [0.5, 0.6) is 0 Å². The minimum Gasteiger partial charge on any atom is -0.361 e. The van der Waals surface area contributed by atoms with Crippen molar-refractivity contribution in [1.29, 1.82) is 0 Å². The first kappa shape index (κ1) is 17.2. The van der Waals surface area contributed by atoms with Gasteiger partial charge in [0.15, 0.2) is 5.82 Å². The van der Waals surface area contributed by atoms with Crippen molar-refractivity contribution in [3.63, 3.8) is 0 Å². The molecule has 1 aromatic carbocycles. The van der Waals surface area contributed by atoms with Gasteiger partial charge in [-0.3, -0.25) is 4.72 Å². The molecule has 0 spiro atoms. The lowest BCUT2D eigenvalue weighted by atomic mass is 10.2. The SMILES string of the molecule is CCc1noc(-c2c(C)[nH]c(C)c2S(=O)(=O)Nc2ccc(F)cc2)n1. The Labute approximate surface area is 144 Å². The van der Waals surface area contributed by atoms with E-state index in [-0.39, 0.29) is 16.5 Å². The number of rotatable bonds is 5. The predicted octanol–water partition coefficient (Wildman–Crippen LogP) is 3.18. The number of anilines is 1. The van der Waals surface area contributed by atoms with E-state index >= 15 is 0 Å². The Kier molecular flexibility index (Phi) is 4.34. The molecule has 2 heterocycles. The summed E-state index contributed by atoms with van der Waals surface area (Å²) in [4.78, 5) is 7.25. The lowest BCUT2D eigenvalue weighted by Crippen LogP contribution is -2.14. The Hall–Kier alpha value is -2.68. The van der Waals surface area contributed by atoms with E-state index in [1.165, 1.54) is 24.3 Å². The van der Waals surface area contributed by atoms with E-state index in [2.05, 4.69) is 19.8 Å². The molecule has 132 valence electrons. The molecule has 25 heavy (non-hydrogen) atoms. The van der Waals surface area contributed by atoms with E-state index in [9.17, 15) is 12.8 Å². The van der Waals surface area contributed by atoms with Crippen LogP contribution < -0.4 is 4.72 Å². The minimum atomic E-state index is -3.94. The highest BCUT2D eigenvalue weighted by Crippen LogP contribution is 2.33. The molecule has 0 saturated carbocycles. The van der Waals surface area contributed by atoms with Gasteiger partial charge in [0, 0.05) is 23.5 Å². The lowest BCUT2D eigenvalue weighted by Gasteiger charge is -2.09. The molecule has 2 aromatic heterocycles. The molecule has 0 amide bonds. The summed E-state index contributed by atoms with van der Waals surface area (Å²) in [6.45, 7) is 5.25. The molecular formula is C16H17FN4O3S. The van der Waals surface area contributed by atoms with E-state index in [4.69, 9.17) is 4.52 Å². The number of aryl methyl sites for hydroxylation is 3. The van der Waals surface area contributed by atoms with Gasteiger partial charge in [-0.1, -0.05) is 12.1 Å². The van der Waals surface area contributed by atoms with Crippen LogP contribution in [0.2, 0.25) is 0 Å². The molecule has 0 bridgehead atoms. The van der Waals surface area contributed by atoms with Crippen LogP contribution in [0, 0.1) is 19.7 Å². The molecular weight excluding hydrogens is 347 g/mol. The molecule has 0 atom stereocenters. The number of benzene rings is 1. The Morgan fingerprint density at radius 1 is 1.20 bits per heavy atom. The first-order chi connectivity index (χ1) is 11.8. The molecule has 0 aliphatic carbocycles. The van der Waals surface area contributed by atoms with Crippen molar-refractivity contribution < 1.29 is 17.3 Å². The third kappa shape index (κ3) is 3.27. The number of nitrogens with zero attached hydrogens (tertiary/aromatic N) is 2. The van der Waals surface area contributed by atoms with Crippen LogP contribution in [0.15, 0.2) is 33.7 Å². The summed E-state index contributed by atoms with van der Waals surface area (Å²) in [5, 5.41) is 3.82. The van der Waals surface area contributed by atoms with Gasteiger partial charge in [0.25, 0.3) is 15.9 Å². The van der Waals surface area contributed by atoms with Crippen molar-refractivity contribution in [2.45, 2.75) is 32.1 Å². The zero-order valence-corrected chi connectivity index (χ0v) is 14.7. The molecule has 3 aromatic rings. The summed E-state index contributed by atoms with van der Waals surface area (Å²) in [6.07, 6.45) is 0.571. The molecule has 3 rings (SSSR count). The number of halogens is 1. The summed E-state index contributed by atoms with van der Waals surface area (Å²) < 4.78 is 46.4. The lowest BCUT2D eigenvalue weighted by molar-refractivity contribution is 0.422. The average Bonchev–Trinajstić information content (AvgIpc) is 3.13. The highest BCUT2D eigenvalue weighted by atomic mass is 32.2. The van der Waals surface area contributed by atoms with Gasteiger partial charge in [0.1, 0.15) is 10.7 Å². The van der Waals surface area contributed by atoms with E-state index < -0.39 is 15.8 Å². The summed E-state index contributed by atoms with van der Waals surface area (Å²) in [6, 6.07) is 5.06. The Morgan fingerprint density at radius 3 is 2.48 bits per heavy atom. The quantitative estimate of drug-likeness (QED) is 0.724. The Bertz CT molecular complexity index is 1010. The highest BCUT2D eigenvalue weighted by molar-refractivity contribution is 7.93. The van der Waals surface area contributed by atoms with Crippen LogP contribution in [0.25, 0.3) is 11.5 Å². The van der Waals surface area contributed by atoms with Gasteiger partial charge >= 0.3 is 0 Å². The van der Waals surface area contributed by atoms with Gasteiger partial charge in [-0.2, -0.15) is 4.98 Å². The van der Waals surface area contributed by atoms with Crippen LogP contribution in [0.4, 0.5) is 10.1 Å². The molecule has 2 N–H and O–H groups in total. The maximum Gasteiger partial charge on any atom is 0.264 e. The van der Waals surface area contributed by atoms with E-state index in [0.717, 1.165) is 0 Å². The monoisotopic (exact) mass is 364 g/mol. The maximum absolute atomic E-state index is 13.0. The van der Waals surface area contributed by atoms with E-state index in [0.29, 0.717) is 29.2 Å². The largest absolute Gasteiger partial charge is 0.361 e. The summed E-state index contributed by atoms with van der Waals surface area (Å²) in [7, 11) is -3.94. The van der Waals surface area contributed by atoms with Crippen LogP contribution >= 0.6 is 0 Å². The maximum atomic E-state index is 13.0. The fraction of sp³-hybridized carbons (Fsp3) is 0.250. The molecule has 0 saturated heterocycles. The molecule has 0 unspecified atom stereocenters. The zero-order chi connectivity index (χ0) is 18.2. The van der Waals surface area contributed by atoms with E-state index in [1.807, 2.05) is 6.92 Å². The van der Waals surface area contributed by atoms with Crippen LogP contribution in [-0.4, -0.2) is 23.5 Å². The smallest absolute Gasteiger partial charge is 0.264 e. The Balaban J connectivity index is 2.08. The van der Waals surface area contributed by atoms with Crippen molar-refractivity contribution in [3.8, 4) is 11.5 Å². The van der Waals surface area contributed by atoms with Gasteiger partial charge in [0.05, 0.1) is 5.56 Å². The van der Waals surface area contributed by atoms with Gasteiger partial charge in [-0.15, -0.1) is 0 Å². The van der Waals surface area contributed by atoms with Crippen molar-refractivity contribution >= 4 is 15.7 Å². The number of aromatic nitrogens is 3. The first-order valence-corrected chi connectivity index (χ1v) is 9.10. The van der Waals surface area contributed by atoms with Crippen LogP contribution in [0.1, 0.15) is 24.1 Å². The summed E-state index contributed by atoms with van der Waals surface area (Å²) >= 11 is 0. The summed E-state index contributed by atoms with van der Waals surface area (Å²) in [5.41, 5.74) is 1.63. The third-order valence-corrected chi connectivity index (χ3v) is 5.23. The highest BCUT2D eigenvalue weighted by Gasteiger charge is 2.29. The number of hydrogen-bond donors (Lipinski definition) is 2. The van der Waals surface area contributed by atoms with Crippen molar-refractivity contribution in [1.82, 2.24) is 15.1 Å². The van der Waals surface area contributed by atoms with Crippen molar-refractivity contribution in [2.24, 2.45) is 0 Å². The second-order valence-electron chi connectivity index (χ2n) is 5.56.